The third-order valence-electron chi connectivity index (χ3n) is 5.30. The van der Waals surface area contributed by atoms with Gasteiger partial charge in [0.25, 0.3) is 5.91 Å². The SMILES string of the molecule is Cc1cc(Nc2ccncc2)cc2c1C(=O)N(c1cccc(Nc3ccncc3)c1)C2. The summed E-state index contributed by atoms with van der Waals surface area (Å²) in [5.41, 5.74) is 7.43. The first kappa shape index (κ1) is 18.8. The quantitative estimate of drug-likeness (QED) is 0.461. The second-order valence-electron chi connectivity index (χ2n) is 7.49. The molecule has 1 amide bonds. The van der Waals surface area contributed by atoms with Crippen molar-refractivity contribution in [2.45, 2.75) is 13.5 Å². The summed E-state index contributed by atoms with van der Waals surface area (Å²) in [7, 11) is 0. The van der Waals surface area contributed by atoms with Crippen LogP contribution in [0.1, 0.15) is 21.5 Å². The topological polar surface area (TPSA) is 70.2 Å². The molecule has 0 saturated heterocycles. The fourth-order valence-electron chi connectivity index (χ4n) is 3.90. The van der Waals surface area contributed by atoms with Crippen LogP contribution in [0.15, 0.2) is 85.5 Å². The van der Waals surface area contributed by atoms with Gasteiger partial charge < -0.3 is 15.5 Å². The van der Waals surface area contributed by atoms with E-state index in [9.17, 15) is 4.79 Å². The van der Waals surface area contributed by atoms with Crippen molar-refractivity contribution < 1.29 is 4.79 Å². The fourth-order valence-corrected chi connectivity index (χ4v) is 3.90. The minimum absolute atomic E-state index is 0.0315. The molecule has 0 fully saturated rings. The van der Waals surface area contributed by atoms with E-state index in [2.05, 4.69) is 26.7 Å². The number of aromatic nitrogens is 2. The van der Waals surface area contributed by atoms with Crippen LogP contribution in [-0.4, -0.2) is 15.9 Å². The standard InChI is InChI=1S/C25H21N5O/c1-17-13-22(29-20-7-11-27-12-8-20)14-18-16-30(25(31)24(17)18)23-4-2-3-21(15-23)28-19-5-9-26-10-6-19/h2-15H,16H2,1H3,(H,26,28)(H,27,29). The molecule has 6 heteroatoms. The van der Waals surface area contributed by atoms with Crippen LogP contribution in [0.4, 0.5) is 28.4 Å². The molecule has 0 aliphatic carbocycles. The Morgan fingerprint density at radius 1 is 0.774 bits per heavy atom. The van der Waals surface area contributed by atoms with Crippen LogP contribution in [0.5, 0.6) is 0 Å². The first-order chi connectivity index (χ1) is 15.2. The van der Waals surface area contributed by atoms with E-state index in [-0.39, 0.29) is 5.91 Å². The molecule has 2 aromatic carbocycles. The molecule has 31 heavy (non-hydrogen) atoms. The van der Waals surface area contributed by atoms with Gasteiger partial charge in [-0.05, 0) is 72.6 Å². The number of hydrogen-bond acceptors (Lipinski definition) is 5. The molecule has 152 valence electrons. The lowest BCUT2D eigenvalue weighted by Gasteiger charge is -2.17. The van der Waals surface area contributed by atoms with E-state index in [4.69, 9.17) is 0 Å². The van der Waals surface area contributed by atoms with Crippen LogP contribution < -0.4 is 15.5 Å². The lowest BCUT2D eigenvalue weighted by atomic mass is 10.0. The summed E-state index contributed by atoms with van der Waals surface area (Å²) in [5, 5.41) is 6.75. The zero-order chi connectivity index (χ0) is 21.2. The molecule has 6 nitrogen and oxygen atoms in total. The molecule has 0 radical (unpaired) electrons. The normalized spacial score (nSPS) is 12.5. The Balaban J connectivity index is 1.41. The highest BCUT2D eigenvalue weighted by Gasteiger charge is 2.30. The Morgan fingerprint density at radius 2 is 1.42 bits per heavy atom. The number of amides is 1. The Labute approximate surface area is 180 Å². The number of carbonyl (C=O) groups is 1. The number of nitrogens with one attached hydrogen (secondary N) is 2. The van der Waals surface area contributed by atoms with E-state index in [1.165, 1.54) is 0 Å². The van der Waals surface area contributed by atoms with Crippen molar-refractivity contribution in [3.63, 3.8) is 0 Å². The molecular formula is C25H21N5O. The minimum Gasteiger partial charge on any atom is -0.355 e. The number of fused-ring (bicyclic) bond motifs is 1. The van der Waals surface area contributed by atoms with E-state index < -0.39 is 0 Å². The van der Waals surface area contributed by atoms with E-state index in [0.717, 1.165) is 45.1 Å². The first-order valence-corrected chi connectivity index (χ1v) is 10.1. The van der Waals surface area contributed by atoms with E-state index in [0.29, 0.717) is 6.54 Å². The Bertz CT molecular complexity index is 1240. The molecule has 0 unspecified atom stereocenters. The molecule has 0 saturated carbocycles. The summed E-state index contributed by atoms with van der Waals surface area (Å²) in [5.74, 6) is 0.0315. The highest BCUT2D eigenvalue weighted by molar-refractivity contribution is 6.11. The lowest BCUT2D eigenvalue weighted by molar-refractivity contribution is 0.0996. The maximum atomic E-state index is 13.2. The highest BCUT2D eigenvalue weighted by Crippen LogP contribution is 2.34. The summed E-state index contributed by atoms with van der Waals surface area (Å²) in [6, 6.07) is 19.6. The molecular weight excluding hydrogens is 386 g/mol. The van der Waals surface area contributed by atoms with Crippen LogP contribution >= 0.6 is 0 Å². The fraction of sp³-hybridized carbons (Fsp3) is 0.0800. The summed E-state index contributed by atoms with van der Waals surface area (Å²) in [4.78, 5) is 23.1. The van der Waals surface area contributed by atoms with Gasteiger partial charge >= 0.3 is 0 Å². The number of rotatable bonds is 5. The maximum Gasteiger partial charge on any atom is 0.259 e. The predicted octanol–water partition coefficient (Wildman–Crippen LogP) is 5.43. The Morgan fingerprint density at radius 3 is 2.10 bits per heavy atom. The number of nitrogens with zero attached hydrogens (tertiary/aromatic N) is 3. The maximum absolute atomic E-state index is 13.2. The van der Waals surface area contributed by atoms with Gasteiger partial charge in [-0.2, -0.15) is 0 Å². The molecule has 2 N–H and O–H groups in total. The molecule has 5 rings (SSSR count). The number of benzene rings is 2. The summed E-state index contributed by atoms with van der Waals surface area (Å²) < 4.78 is 0. The minimum atomic E-state index is 0.0315. The highest BCUT2D eigenvalue weighted by atomic mass is 16.2. The largest absolute Gasteiger partial charge is 0.355 e. The Hall–Kier alpha value is -4.19. The van der Waals surface area contributed by atoms with Crippen molar-refractivity contribution in [2.75, 3.05) is 15.5 Å². The number of pyridine rings is 2. The Kier molecular flexibility index (Phi) is 4.80. The van der Waals surface area contributed by atoms with Crippen LogP contribution in [0.2, 0.25) is 0 Å². The molecule has 0 spiro atoms. The third kappa shape index (κ3) is 3.83. The molecule has 3 heterocycles. The summed E-state index contributed by atoms with van der Waals surface area (Å²) in [6.45, 7) is 2.53. The molecule has 1 aliphatic rings. The average Bonchev–Trinajstić information content (AvgIpc) is 3.12. The van der Waals surface area contributed by atoms with Gasteiger partial charge in [0.1, 0.15) is 0 Å². The number of hydrogen-bond donors (Lipinski definition) is 2. The van der Waals surface area contributed by atoms with E-state index in [1.54, 1.807) is 24.8 Å². The summed E-state index contributed by atoms with van der Waals surface area (Å²) in [6.07, 6.45) is 6.99. The summed E-state index contributed by atoms with van der Waals surface area (Å²) >= 11 is 0. The third-order valence-corrected chi connectivity index (χ3v) is 5.30. The predicted molar refractivity (Wildman–Crippen MR) is 123 cm³/mol. The van der Waals surface area contributed by atoms with Crippen LogP contribution in [-0.2, 0) is 6.54 Å². The molecule has 0 bridgehead atoms. The van der Waals surface area contributed by atoms with Crippen molar-refractivity contribution in [1.29, 1.82) is 0 Å². The second kappa shape index (κ2) is 7.91. The zero-order valence-electron chi connectivity index (χ0n) is 17.0. The van der Waals surface area contributed by atoms with E-state index >= 15 is 0 Å². The van der Waals surface area contributed by atoms with Crippen molar-refractivity contribution in [1.82, 2.24) is 9.97 Å². The molecule has 1 aliphatic heterocycles. The van der Waals surface area contributed by atoms with Crippen molar-refractivity contribution in [2.24, 2.45) is 0 Å². The van der Waals surface area contributed by atoms with E-state index in [1.807, 2.05) is 66.4 Å². The van der Waals surface area contributed by atoms with Gasteiger partial charge in [-0.1, -0.05) is 6.07 Å². The second-order valence-corrected chi connectivity index (χ2v) is 7.49. The number of anilines is 5. The van der Waals surface area contributed by atoms with Gasteiger partial charge in [0, 0.05) is 58.8 Å². The van der Waals surface area contributed by atoms with Crippen LogP contribution in [0.25, 0.3) is 0 Å². The number of carbonyl (C=O) groups excluding carboxylic acids is 1. The van der Waals surface area contributed by atoms with Crippen molar-refractivity contribution in [3.8, 4) is 0 Å². The zero-order valence-corrected chi connectivity index (χ0v) is 17.0. The molecule has 4 aromatic rings. The van der Waals surface area contributed by atoms with Gasteiger partial charge in [0.2, 0.25) is 0 Å². The van der Waals surface area contributed by atoms with Gasteiger partial charge in [0.15, 0.2) is 0 Å². The van der Waals surface area contributed by atoms with Gasteiger partial charge in [-0.3, -0.25) is 14.8 Å². The first-order valence-electron chi connectivity index (χ1n) is 10.1. The van der Waals surface area contributed by atoms with Crippen molar-refractivity contribution >= 4 is 34.3 Å². The monoisotopic (exact) mass is 407 g/mol. The van der Waals surface area contributed by atoms with Gasteiger partial charge in [-0.25, -0.2) is 0 Å². The molecule has 2 aromatic heterocycles. The van der Waals surface area contributed by atoms with Crippen LogP contribution in [0, 0.1) is 6.92 Å². The average molecular weight is 407 g/mol. The lowest BCUT2D eigenvalue weighted by Crippen LogP contribution is -2.23. The van der Waals surface area contributed by atoms with Gasteiger partial charge in [0.05, 0.1) is 6.54 Å². The van der Waals surface area contributed by atoms with Crippen LogP contribution in [0.3, 0.4) is 0 Å². The smallest absolute Gasteiger partial charge is 0.259 e. The van der Waals surface area contributed by atoms with Gasteiger partial charge in [-0.15, -0.1) is 0 Å². The van der Waals surface area contributed by atoms with Crippen molar-refractivity contribution in [3.05, 3.63) is 102 Å². The molecule has 0 atom stereocenters. The number of aryl methyl sites for hydroxylation is 1.